The number of piperidine rings is 1. The number of nitrogens with one attached hydrogen (secondary N) is 1. The number of nitrogens with zero attached hydrogens (tertiary/aromatic N) is 2. The second-order valence-corrected chi connectivity index (χ2v) is 4.45. The summed E-state index contributed by atoms with van der Waals surface area (Å²) in [6.07, 6.45) is 2.91. The van der Waals surface area contributed by atoms with Crippen LogP contribution < -0.4 is 10.2 Å². The maximum Gasteiger partial charge on any atom is 0.212 e. The van der Waals surface area contributed by atoms with Crippen LogP contribution in [-0.4, -0.2) is 30.7 Å². The molecule has 0 saturated carbocycles. The third kappa shape index (κ3) is 1.69. The summed E-state index contributed by atoms with van der Waals surface area (Å²) in [4.78, 5) is 5.99. The number of halogens is 1. The van der Waals surface area contributed by atoms with Gasteiger partial charge in [-0.15, -0.1) is 0 Å². The predicted octanol–water partition coefficient (Wildman–Crippen LogP) is 1.02. The number of hydrogen-bond donors (Lipinski definition) is 1. The van der Waals surface area contributed by atoms with Crippen LogP contribution in [0.3, 0.4) is 0 Å². The van der Waals surface area contributed by atoms with Crippen LogP contribution in [-0.2, 0) is 0 Å². The van der Waals surface area contributed by atoms with Gasteiger partial charge in [-0.25, -0.2) is 4.98 Å². The van der Waals surface area contributed by atoms with E-state index in [2.05, 4.69) is 15.2 Å². The number of anilines is 1. The van der Waals surface area contributed by atoms with Crippen molar-refractivity contribution >= 4 is 5.69 Å². The van der Waals surface area contributed by atoms with Gasteiger partial charge >= 0.3 is 0 Å². The average Bonchev–Trinajstić information content (AvgIpc) is 2.59. The lowest BCUT2D eigenvalue weighted by Crippen LogP contribution is -2.41. The van der Waals surface area contributed by atoms with E-state index in [0.717, 1.165) is 31.2 Å². The first-order valence-corrected chi connectivity index (χ1v) is 5.41. The highest BCUT2D eigenvalue weighted by Crippen LogP contribution is 2.26. The third-order valence-electron chi connectivity index (χ3n) is 3.31. The molecule has 2 saturated heterocycles. The van der Waals surface area contributed by atoms with Gasteiger partial charge in [0.05, 0.1) is 11.9 Å². The average molecular weight is 207 g/mol. The van der Waals surface area contributed by atoms with Gasteiger partial charge in [-0.1, -0.05) is 0 Å². The Hall–Kier alpha value is -1.16. The molecular weight excluding hydrogens is 193 g/mol. The lowest BCUT2D eigenvalue weighted by Gasteiger charge is -2.32. The van der Waals surface area contributed by atoms with Crippen LogP contribution in [0.25, 0.3) is 0 Å². The van der Waals surface area contributed by atoms with Crippen LogP contribution in [0.4, 0.5) is 10.1 Å². The summed E-state index contributed by atoms with van der Waals surface area (Å²) in [5.74, 6) is 0.339. The standard InChI is InChI=1S/C11H14FN3/c12-11-2-1-10(5-14-11)15-6-8-3-9(7-15)13-4-8/h1-2,5,8-9,13H,3-4,6-7H2/t8-,9-/m1/s1. The van der Waals surface area contributed by atoms with Crippen molar-refractivity contribution in [3.63, 3.8) is 0 Å². The zero-order valence-electron chi connectivity index (χ0n) is 8.49. The molecule has 2 atom stereocenters. The Bertz CT molecular complexity index is 339. The maximum absolute atomic E-state index is 12.7. The molecule has 3 heterocycles. The van der Waals surface area contributed by atoms with Gasteiger partial charge in [0.2, 0.25) is 5.95 Å². The molecule has 2 aliphatic heterocycles. The first kappa shape index (κ1) is 9.09. The molecule has 15 heavy (non-hydrogen) atoms. The van der Waals surface area contributed by atoms with Crippen molar-refractivity contribution in [3.05, 3.63) is 24.3 Å². The maximum atomic E-state index is 12.7. The topological polar surface area (TPSA) is 28.2 Å². The van der Waals surface area contributed by atoms with E-state index in [1.807, 2.05) is 6.07 Å². The van der Waals surface area contributed by atoms with Crippen LogP contribution in [0.1, 0.15) is 6.42 Å². The fourth-order valence-corrected chi connectivity index (χ4v) is 2.60. The molecule has 4 heteroatoms. The summed E-state index contributed by atoms with van der Waals surface area (Å²) >= 11 is 0. The molecule has 1 aromatic heterocycles. The van der Waals surface area contributed by atoms with Crippen molar-refractivity contribution in [1.82, 2.24) is 10.3 Å². The van der Waals surface area contributed by atoms with Crippen molar-refractivity contribution in [1.29, 1.82) is 0 Å². The molecule has 80 valence electrons. The van der Waals surface area contributed by atoms with E-state index in [0.29, 0.717) is 6.04 Å². The Kier molecular flexibility index (Phi) is 2.09. The number of aromatic nitrogens is 1. The lowest BCUT2D eigenvalue weighted by atomic mass is 10.00. The van der Waals surface area contributed by atoms with E-state index in [4.69, 9.17) is 0 Å². The summed E-state index contributed by atoms with van der Waals surface area (Å²) in [7, 11) is 0. The fourth-order valence-electron chi connectivity index (χ4n) is 2.60. The minimum absolute atomic E-state index is 0.406. The number of pyridine rings is 1. The second kappa shape index (κ2) is 3.45. The SMILES string of the molecule is Fc1ccc(N2C[C@H]3CN[C@H](C3)C2)cn1. The first-order chi connectivity index (χ1) is 7.31. The molecule has 2 aliphatic rings. The summed E-state index contributed by atoms with van der Waals surface area (Å²) in [5.41, 5.74) is 1.04. The molecule has 3 rings (SSSR count). The number of rotatable bonds is 1. The highest BCUT2D eigenvalue weighted by Gasteiger charge is 2.32. The van der Waals surface area contributed by atoms with Gasteiger partial charge in [0.1, 0.15) is 0 Å². The summed E-state index contributed by atoms with van der Waals surface area (Å²) in [6, 6.07) is 3.85. The van der Waals surface area contributed by atoms with Crippen LogP contribution in [0, 0.1) is 11.9 Å². The minimum Gasteiger partial charge on any atom is -0.368 e. The molecule has 0 amide bonds. The Balaban J connectivity index is 1.80. The van der Waals surface area contributed by atoms with Crippen molar-refractivity contribution in [2.24, 2.45) is 5.92 Å². The van der Waals surface area contributed by atoms with Gasteiger partial charge < -0.3 is 10.2 Å². The van der Waals surface area contributed by atoms with Gasteiger partial charge in [0.15, 0.2) is 0 Å². The summed E-state index contributed by atoms with van der Waals surface area (Å²) in [5, 5.41) is 3.49. The zero-order valence-corrected chi connectivity index (χ0v) is 8.49. The predicted molar refractivity (Wildman–Crippen MR) is 56.3 cm³/mol. The number of hydrogen-bond acceptors (Lipinski definition) is 3. The van der Waals surface area contributed by atoms with Crippen molar-refractivity contribution in [2.45, 2.75) is 12.5 Å². The van der Waals surface area contributed by atoms with Gasteiger partial charge in [0, 0.05) is 25.7 Å². The van der Waals surface area contributed by atoms with Crippen molar-refractivity contribution in [2.75, 3.05) is 24.5 Å². The van der Waals surface area contributed by atoms with E-state index in [9.17, 15) is 4.39 Å². The summed E-state index contributed by atoms with van der Waals surface area (Å²) in [6.45, 7) is 3.20. The van der Waals surface area contributed by atoms with E-state index < -0.39 is 5.95 Å². The van der Waals surface area contributed by atoms with Crippen molar-refractivity contribution < 1.29 is 4.39 Å². The van der Waals surface area contributed by atoms with E-state index >= 15 is 0 Å². The Labute approximate surface area is 88.3 Å². The Morgan fingerprint density at radius 3 is 3.07 bits per heavy atom. The Morgan fingerprint density at radius 1 is 1.40 bits per heavy atom. The highest BCUT2D eigenvalue weighted by molar-refractivity contribution is 5.45. The van der Waals surface area contributed by atoms with E-state index in [-0.39, 0.29) is 0 Å². The van der Waals surface area contributed by atoms with E-state index in [1.165, 1.54) is 12.5 Å². The third-order valence-corrected chi connectivity index (χ3v) is 3.31. The van der Waals surface area contributed by atoms with Gasteiger partial charge in [0.25, 0.3) is 0 Å². The van der Waals surface area contributed by atoms with Crippen LogP contribution in [0.2, 0.25) is 0 Å². The molecule has 3 nitrogen and oxygen atoms in total. The highest BCUT2D eigenvalue weighted by atomic mass is 19.1. The molecule has 2 fully saturated rings. The van der Waals surface area contributed by atoms with Gasteiger partial charge in [-0.3, -0.25) is 0 Å². The quantitative estimate of drug-likeness (QED) is 0.697. The van der Waals surface area contributed by atoms with Crippen molar-refractivity contribution in [3.8, 4) is 0 Å². The minimum atomic E-state index is -0.406. The van der Waals surface area contributed by atoms with Gasteiger partial charge in [-0.2, -0.15) is 4.39 Å². The largest absolute Gasteiger partial charge is 0.368 e. The molecular formula is C11H14FN3. The van der Waals surface area contributed by atoms with Crippen LogP contribution >= 0.6 is 0 Å². The number of fused-ring (bicyclic) bond motifs is 2. The van der Waals surface area contributed by atoms with Crippen LogP contribution in [0.15, 0.2) is 18.3 Å². The zero-order chi connectivity index (χ0) is 10.3. The molecule has 2 bridgehead atoms. The molecule has 1 N–H and O–H groups in total. The smallest absolute Gasteiger partial charge is 0.212 e. The molecule has 1 aromatic rings. The summed E-state index contributed by atoms with van der Waals surface area (Å²) < 4.78 is 12.7. The fraction of sp³-hybridized carbons (Fsp3) is 0.545. The monoisotopic (exact) mass is 207 g/mol. The molecule has 0 aromatic carbocycles. The normalized spacial score (nSPS) is 29.5. The Morgan fingerprint density at radius 2 is 2.33 bits per heavy atom. The van der Waals surface area contributed by atoms with E-state index in [1.54, 1.807) is 6.20 Å². The molecule has 0 radical (unpaired) electrons. The van der Waals surface area contributed by atoms with Gasteiger partial charge in [-0.05, 0) is 24.5 Å². The van der Waals surface area contributed by atoms with Crippen LogP contribution in [0.5, 0.6) is 0 Å². The second-order valence-electron chi connectivity index (χ2n) is 4.45. The lowest BCUT2D eigenvalue weighted by molar-refractivity contribution is 0.474. The first-order valence-electron chi connectivity index (χ1n) is 5.41. The molecule has 0 aliphatic carbocycles. The molecule has 0 unspecified atom stereocenters. The molecule has 0 spiro atoms.